The van der Waals surface area contributed by atoms with Crippen molar-refractivity contribution in [3.8, 4) is 11.3 Å². The van der Waals surface area contributed by atoms with Crippen LogP contribution in [-0.2, 0) is 0 Å². The zero-order valence-corrected chi connectivity index (χ0v) is 9.65. The number of hydrogen-bond acceptors (Lipinski definition) is 4. The molecule has 0 aliphatic carbocycles. The molecule has 0 aliphatic rings. The first-order valence-corrected chi connectivity index (χ1v) is 5.13. The Morgan fingerprint density at radius 3 is 2.62 bits per heavy atom. The van der Waals surface area contributed by atoms with Crippen LogP contribution in [0.25, 0.3) is 11.3 Å². The van der Waals surface area contributed by atoms with Crippen molar-refractivity contribution in [1.29, 1.82) is 0 Å². The van der Waals surface area contributed by atoms with Crippen molar-refractivity contribution in [1.82, 2.24) is 15.0 Å². The maximum atomic E-state index is 4.31. The van der Waals surface area contributed by atoms with Gasteiger partial charge in [-0.25, -0.2) is 9.97 Å². The molecule has 16 heavy (non-hydrogen) atoms. The molecule has 0 saturated carbocycles. The summed E-state index contributed by atoms with van der Waals surface area (Å²) in [6.45, 7) is 4.02. The number of aryl methyl sites for hydroxylation is 1. The molecule has 0 fully saturated rings. The third kappa shape index (κ3) is 1.86. The zero-order chi connectivity index (χ0) is 11.5. The van der Waals surface area contributed by atoms with Crippen LogP contribution in [0.15, 0.2) is 24.8 Å². The van der Waals surface area contributed by atoms with Crippen molar-refractivity contribution < 1.29 is 0 Å². The number of nitrogens with zero attached hydrogens (tertiary/aromatic N) is 3. The summed E-state index contributed by atoms with van der Waals surface area (Å²) in [7, 11) is 1.85. The summed E-state index contributed by atoms with van der Waals surface area (Å²) in [6, 6.07) is 2.07. The van der Waals surface area contributed by atoms with Gasteiger partial charge in [0, 0.05) is 30.6 Å². The summed E-state index contributed by atoms with van der Waals surface area (Å²) in [5.41, 5.74) is 4.12. The minimum absolute atomic E-state index is 0.853. The standard InChI is InChI=1S/C12H14N4/c1-8-4-10(6-14-5-8)11-9(2)12(13-3)16-7-15-11/h4-7H,1-3H3,(H,13,15,16). The van der Waals surface area contributed by atoms with Crippen LogP contribution in [-0.4, -0.2) is 22.0 Å². The van der Waals surface area contributed by atoms with Crippen LogP contribution >= 0.6 is 0 Å². The summed E-state index contributed by atoms with van der Waals surface area (Å²) >= 11 is 0. The van der Waals surface area contributed by atoms with Gasteiger partial charge >= 0.3 is 0 Å². The van der Waals surface area contributed by atoms with E-state index in [2.05, 4.69) is 26.3 Å². The average molecular weight is 214 g/mol. The molecule has 2 aromatic heterocycles. The van der Waals surface area contributed by atoms with Crippen molar-refractivity contribution in [2.75, 3.05) is 12.4 Å². The Hall–Kier alpha value is -1.97. The second-order valence-electron chi connectivity index (χ2n) is 3.70. The molecule has 2 heterocycles. The lowest BCUT2D eigenvalue weighted by Crippen LogP contribution is -1.99. The van der Waals surface area contributed by atoms with Crippen LogP contribution in [0.3, 0.4) is 0 Å². The van der Waals surface area contributed by atoms with Crippen molar-refractivity contribution in [2.24, 2.45) is 0 Å². The highest BCUT2D eigenvalue weighted by Crippen LogP contribution is 2.24. The molecule has 4 nitrogen and oxygen atoms in total. The molecule has 0 atom stereocenters. The number of anilines is 1. The lowest BCUT2D eigenvalue weighted by atomic mass is 10.1. The molecule has 0 unspecified atom stereocenters. The lowest BCUT2D eigenvalue weighted by Gasteiger charge is -2.08. The molecular weight excluding hydrogens is 200 g/mol. The summed E-state index contributed by atoms with van der Waals surface area (Å²) < 4.78 is 0. The molecular formula is C12H14N4. The van der Waals surface area contributed by atoms with Gasteiger partial charge in [0.15, 0.2) is 0 Å². The fraction of sp³-hybridized carbons (Fsp3) is 0.250. The van der Waals surface area contributed by atoms with Crippen LogP contribution < -0.4 is 5.32 Å². The average Bonchev–Trinajstić information content (AvgIpc) is 2.29. The predicted octanol–water partition coefficient (Wildman–Crippen LogP) is 2.20. The van der Waals surface area contributed by atoms with Crippen LogP contribution in [0.2, 0.25) is 0 Å². The topological polar surface area (TPSA) is 50.7 Å². The minimum Gasteiger partial charge on any atom is -0.373 e. The van der Waals surface area contributed by atoms with E-state index >= 15 is 0 Å². The van der Waals surface area contributed by atoms with Crippen LogP contribution in [0.1, 0.15) is 11.1 Å². The van der Waals surface area contributed by atoms with E-state index in [-0.39, 0.29) is 0 Å². The molecule has 1 N–H and O–H groups in total. The quantitative estimate of drug-likeness (QED) is 0.832. The molecule has 0 saturated heterocycles. The van der Waals surface area contributed by atoms with Gasteiger partial charge in [-0.15, -0.1) is 0 Å². The van der Waals surface area contributed by atoms with Crippen LogP contribution in [0.4, 0.5) is 5.82 Å². The first-order chi connectivity index (χ1) is 7.72. The maximum Gasteiger partial charge on any atom is 0.132 e. The van der Waals surface area contributed by atoms with E-state index in [0.717, 1.165) is 28.2 Å². The lowest BCUT2D eigenvalue weighted by molar-refractivity contribution is 1.12. The van der Waals surface area contributed by atoms with E-state index < -0.39 is 0 Å². The van der Waals surface area contributed by atoms with E-state index in [1.807, 2.05) is 33.3 Å². The van der Waals surface area contributed by atoms with Gasteiger partial charge in [0.25, 0.3) is 0 Å². The molecule has 2 rings (SSSR count). The number of hydrogen-bond donors (Lipinski definition) is 1. The second-order valence-corrected chi connectivity index (χ2v) is 3.70. The Balaban J connectivity index is 2.56. The monoisotopic (exact) mass is 214 g/mol. The van der Waals surface area contributed by atoms with Gasteiger partial charge in [0.05, 0.1) is 5.69 Å². The summed E-state index contributed by atoms with van der Waals surface area (Å²) in [6.07, 6.45) is 5.22. The SMILES string of the molecule is CNc1ncnc(-c2cncc(C)c2)c1C. The second kappa shape index (κ2) is 4.26. The largest absolute Gasteiger partial charge is 0.373 e. The Labute approximate surface area is 94.8 Å². The van der Waals surface area contributed by atoms with E-state index in [1.165, 1.54) is 0 Å². The predicted molar refractivity (Wildman–Crippen MR) is 64.3 cm³/mol. The van der Waals surface area contributed by atoms with Crippen LogP contribution in [0.5, 0.6) is 0 Å². The molecule has 0 bridgehead atoms. The van der Waals surface area contributed by atoms with E-state index in [1.54, 1.807) is 6.33 Å². The smallest absolute Gasteiger partial charge is 0.132 e. The van der Waals surface area contributed by atoms with Crippen molar-refractivity contribution in [3.63, 3.8) is 0 Å². The highest BCUT2D eigenvalue weighted by molar-refractivity contribution is 5.67. The Kier molecular flexibility index (Phi) is 2.81. The summed E-state index contributed by atoms with van der Waals surface area (Å²) in [4.78, 5) is 12.6. The number of rotatable bonds is 2. The molecule has 0 spiro atoms. The molecule has 82 valence electrons. The normalized spacial score (nSPS) is 10.2. The third-order valence-corrected chi connectivity index (χ3v) is 2.47. The Bertz CT molecular complexity index is 508. The van der Waals surface area contributed by atoms with E-state index in [4.69, 9.17) is 0 Å². The minimum atomic E-state index is 0.853. The highest BCUT2D eigenvalue weighted by Gasteiger charge is 2.08. The molecule has 0 amide bonds. The summed E-state index contributed by atoms with van der Waals surface area (Å²) in [5, 5.41) is 3.05. The zero-order valence-electron chi connectivity index (χ0n) is 9.65. The number of pyridine rings is 1. The van der Waals surface area contributed by atoms with Gasteiger partial charge in [-0.1, -0.05) is 0 Å². The number of nitrogens with one attached hydrogen (secondary N) is 1. The van der Waals surface area contributed by atoms with Gasteiger partial charge in [0.2, 0.25) is 0 Å². The summed E-state index contributed by atoms with van der Waals surface area (Å²) in [5.74, 6) is 0.853. The van der Waals surface area contributed by atoms with Crippen molar-refractivity contribution >= 4 is 5.82 Å². The highest BCUT2D eigenvalue weighted by atomic mass is 15.0. The van der Waals surface area contributed by atoms with Gasteiger partial charge in [-0.2, -0.15) is 0 Å². The van der Waals surface area contributed by atoms with Gasteiger partial charge < -0.3 is 5.32 Å². The molecule has 0 aromatic carbocycles. The van der Waals surface area contributed by atoms with Gasteiger partial charge in [0.1, 0.15) is 12.1 Å². The molecule has 4 heteroatoms. The fourth-order valence-corrected chi connectivity index (χ4v) is 1.68. The van der Waals surface area contributed by atoms with Gasteiger partial charge in [-0.3, -0.25) is 4.98 Å². The van der Waals surface area contributed by atoms with Crippen molar-refractivity contribution in [2.45, 2.75) is 13.8 Å². The van der Waals surface area contributed by atoms with Crippen molar-refractivity contribution in [3.05, 3.63) is 35.9 Å². The Morgan fingerprint density at radius 2 is 1.94 bits per heavy atom. The first kappa shape index (κ1) is 10.5. The Morgan fingerprint density at radius 1 is 1.12 bits per heavy atom. The van der Waals surface area contributed by atoms with Gasteiger partial charge in [-0.05, 0) is 25.5 Å². The third-order valence-electron chi connectivity index (χ3n) is 2.47. The molecule has 2 aromatic rings. The molecule has 0 aliphatic heterocycles. The van der Waals surface area contributed by atoms with Crippen LogP contribution in [0, 0.1) is 13.8 Å². The molecule has 0 radical (unpaired) electrons. The van der Waals surface area contributed by atoms with E-state index in [9.17, 15) is 0 Å². The number of aromatic nitrogens is 3. The fourth-order valence-electron chi connectivity index (χ4n) is 1.68. The maximum absolute atomic E-state index is 4.31. The first-order valence-electron chi connectivity index (χ1n) is 5.13. The van der Waals surface area contributed by atoms with E-state index in [0.29, 0.717) is 0 Å².